The van der Waals surface area contributed by atoms with Crippen LogP contribution in [0.25, 0.3) is 0 Å². The molecular weight excluding hydrogens is 360 g/mol. The predicted molar refractivity (Wildman–Crippen MR) is 98.2 cm³/mol. The van der Waals surface area contributed by atoms with Gasteiger partial charge in [0.15, 0.2) is 0 Å². The number of carbonyl (C=O) groups is 1. The molecule has 0 aromatic heterocycles. The summed E-state index contributed by atoms with van der Waals surface area (Å²) in [7, 11) is -3.85. The summed E-state index contributed by atoms with van der Waals surface area (Å²) in [6, 6.07) is 12.0. The molecular formula is C18H19ClN2O3S. The van der Waals surface area contributed by atoms with Crippen LogP contribution in [0.2, 0.25) is 5.02 Å². The average molecular weight is 379 g/mol. The number of halogens is 1. The van der Waals surface area contributed by atoms with Gasteiger partial charge in [0.25, 0.3) is 0 Å². The Kier molecular flexibility index (Phi) is 4.62. The highest BCUT2D eigenvalue weighted by Gasteiger charge is 2.51. The van der Waals surface area contributed by atoms with E-state index in [2.05, 4.69) is 5.32 Å². The van der Waals surface area contributed by atoms with Crippen LogP contribution in [0.15, 0.2) is 47.4 Å². The minimum absolute atomic E-state index is 0.0420. The molecule has 0 bridgehead atoms. The normalized spacial score (nSPS) is 15.6. The number of anilines is 1. The van der Waals surface area contributed by atoms with Gasteiger partial charge in [-0.3, -0.25) is 4.79 Å². The van der Waals surface area contributed by atoms with E-state index in [0.29, 0.717) is 22.7 Å². The molecule has 1 aliphatic rings. The highest BCUT2D eigenvalue weighted by molar-refractivity contribution is 7.89. The molecule has 3 rings (SSSR count). The standard InChI is InChI=1S/C18H19ClN2O3S/c1-2-12-6-7-15(11-16(12)25(20,23)24)21-17(22)18(8-9-18)13-4-3-5-14(19)10-13/h3-7,10-11H,2,8-9H2,1H3,(H,21,22)(H2,20,23,24). The summed E-state index contributed by atoms with van der Waals surface area (Å²) in [5.41, 5.74) is 1.31. The molecule has 1 amide bonds. The van der Waals surface area contributed by atoms with Gasteiger partial charge >= 0.3 is 0 Å². The van der Waals surface area contributed by atoms with E-state index in [1.54, 1.807) is 24.3 Å². The molecule has 5 nitrogen and oxygen atoms in total. The van der Waals surface area contributed by atoms with Crippen molar-refractivity contribution in [3.8, 4) is 0 Å². The lowest BCUT2D eigenvalue weighted by atomic mass is 9.95. The molecule has 132 valence electrons. The Balaban J connectivity index is 1.89. The maximum Gasteiger partial charge on any atom is 0.238 e. The summed E-state index contributed by atoms with van der Waals surface area (Å²) in [6.07, 6.45) is 2.00. The number of hydrogen-bond acceptors (Lipinski definition) is 3. The van der Waals surface area contributed by atoms with Crippen molar-refractivity contribution in [1.29, 1.82) is 0 Å². The van der Waals surface area contributed by atoms with Crippen molar-refractivity contribution in [3.05, 3.63) is 58.6 Å². The first-order valence-corrected chi connectivity index (χ1v) is 9.92. The van der Waals surface area contributed by atoms with Crippen LogP contribution in [-0.2, 0) is 26.7 Å². The zero-order valence-corrected chi connectivity index (χ0v) is 15.3. The molecule has 7 heteroatoms. The molecule has 0 saturated heterocycles. The maximum atomic E-state index is 12.8. The van der Waals surface area contributed by atoms with Gasteiger partial charge in [-0.25, -0.2) is 13.6 Å². The van der Waals surface area contributed by atoms with Crippen LogP contribution < -0.4 is 10.5 Å². The predicted octanol–water partition coefficient (Wildman–Crippen LogP) is 3.22. The summed E-state index contributed by atoms with van der Waals surface area (Å²) in [6.45, 7) is 1.85. The van der Waals surface area contributed by atoms with E-state index >= 15 is 0 Å². The Morgan fingerprint density at radius 2 is 1.96 bits per heavy atom. The van der Waals surface area contributed by atoms with Gasteiger partial charge in [-0.15, -0.1) is 0 Å². The number of benzene rings is 2. The van der Waals surface area contributed by atoms with Gasteiger partial charge < -0.3 is 5.32 Å². The van der Waals surface area contributed by atoms with Crippen LogP contribution in [0.3, 0.4) is 0 Å². The number of hydrogen-bond donors (Lipinski definition) is 2. The molecule has 0 aliphatic heterocycles. The number of aryl methyl sites for hydroxylation is 1. The summed E-state index contributed by atoms with van der Waals surface area (Å²) in [5, 5.41) is 8.69. The van der Waals surface area contributed by atoms with Gasteiger partial charge in [-0.05, 0) is 54.7 Å². The largest absolute Gasteiger partial charge is 0.325 e. The molecule has 1 saturated carbocycles. The SMILES string of the molecule is CCc1ccc(NC(=O)C2(c3cccc(Cl)c3)CC2)cc1S(N)(=O)=O. The van der Waals surface area contributed by atoms with Crippen molar-refractivity contribution >= 4 is 33.2 Å². The maximum absolute atomic E-state index is 12.8. The molecule has 0 heterocycles. The molecule has 1 fully saturated rings. The van der Waals surface area contributed by atoms with E-state index in [4.69, 9.17) is 16.7 Å². The van der Waals surface area contributed by atoms with Crippen molar-refractivity contribution in [2.24, 2.45) is 5.14 Å². The minimum Gasteiger partial charge on any atom is -0.325 e. The van der Waals surface area contributed by atoms with Crippen molar-refractivity contribution in [3.63, 3.8) is 0 Å². The minimum atomic E-state index is -3.85. The smallest absolute Gasteiger partial charge is 0.238 e. The Labute approximate surface area is 152 Å². The molecule has 0 radical (unpaired) electrons. The van der Waals surface area contributed by atoms with Gasteiger partial charge in [0, 0.05) is 10.7 Å². The van der Waals surface area contributed by atoms with Gasteiger partial charge in [-0.1, -0.05) is 36.7 Å². The quantitative estimate of drug-likeness (QED) is 0.837. The van der Waals surface area contributed by atoms with Crippen LogP contribution in [0.4, 0.5) is 5.69 Å². The first kappa shape index (κ1) is 17.9. The molecule has 25 heavy (non-hydrogen) atoms. The molecule has 2 aromatic carbocycles. The van der Waals surface area contributed by atoms with E-state index in [1.807, 2.05) is 19.1 Å². The molecule has 0 unspecified atom stereocenters. The topological polar surface area (TPSA) is 89.3 Å². The fourth-order valence-electron chi connectivity index (χ4n) is 3.00. The summed E-state index contributed by atoms with van der Waals surface area (Å²) in [4.78, 5) is 12.8. The number of nitrogens with two attached hydrogens (primary N) is 1. The van der Waals surface area contributed by atoms with Crippen LogP contribution in [0.5, 0.6) is 0 Å². The van der Waals surface area contributed by atoms with E-state index < -0.39 is 15.4 Å². The highest BCUT2D eigenvalue weighted by atomic mass is 35.5. The van der Waals surface area contributed by atoms with Crippen LogP contribution in [0, 0.1) is 0 Å². The number of rotatable bonds is 5. The van der Waals surface area contributed by atoms with Gasteiger partial charge in [0.05, 0.1) is 10.3 Å². The van der Waals surface area contributed by atoms with Gasteiger partial charge in [0.2, 0.25) is 15.9 Å². The Bertz CT molecular complexity index is 937. The fourth-order valence-corrected chi connectivity index (χ4v) is 4.06. The lowest BCUT2D eigenvalue weighted by Gasteiger charge is -2.17. The average Bonchev–Trinajstić information content (AvgIpc) is 3.36. The van der Waals surface area contributed by atoms with Crippen molar-refractivity contribution in [2.75, 3.05) is 5.32 Å². The fraction of sp³-hybridized carbons (Fsp3) is 0.278. The number of carbonyl (C=O) groups excluding carboxylic acids is 1. The van der Waals surface area contributed by atoms with E-state index in [0.717, 1.165) is 18.4 Å². The van der Waals surface area contributed by atoms with E-state index in [1.165, 1.54) is 6.07 Å². The van der Waals surface area contributed by atoms with Crippen molar-refractivity contribution in [2.45, 2.75) is 36.5 Å². The third kappa shape index (κ3) is 3.56. The Morgan fingerprint density at radius 3 is 2.52 bits per heavy atom. The van der Waals surface area contributed by atoms with Crippen LogP contribution >= 0.6 is 11.6 Å². The molecule has 0 spiro atoms. The zero-order chi connectivity index (χ0) is 18.2. The first-order valence-electron chi connectivity index (χ1n) is 7.99. The lowest BCUT2D eigenvalue weighted by molar-refractivity contribution is -0.118. The number of nitrogens with one attached hydrogen (secondary N) is 1. The third-order valence-corrected chi connectivity index (χ3v) is 5.80. The van der Waals surface area contributed by atoms with Gasteiger partial charge in [0.1, 0.15) is 0 Å². The number of primary sulfonamides is 1. The number of amides is 1. The summed E-state index contributed by atoms with van der Waals surface area (Å²) < 4.78 is 23.5. The first-order chi connectivity index (χ1) is 11.8. The highest BCUT2D eigenvalue weighted by Crippen LogP contribution is 2.49. The van der Waals surface area contributed by atoms with E-state index in [-0.39, 0.29) is 10.8 Å². The monoisotopic (exact) mass is 378 g/mol. The van der Waals surface area contributed by atoms with Gasteiger partial charge in [-0.2, -0.15) is 0 Å². The second-order valence-corrected chi connectivity index (χ2v) is 8.23. The summed E-state index contributed by atoms with van der Waals surface area (Å²) >= 11 is 6.04. The Morgan fingerprint density at radius 1 is 1.24 bits per heavy atom. The Hall–Kier alpha value is -1.89. The molecule has 0 atom stereocenters. The second kappa shape index (κ2) is 6.44. The molecule has 2 aromatic rings. The van der Waals surface area contributed by atoms with Crippen LogP contribution in [-0.4, -0.2) is 14.3 Å². The van der Waals surface area contributed by atoms with Crippen molar-refractivity contribution in [1.82, 2.24) is 0 Å². The van der Waals surface area contributed by atoms with Crippen LogP contribution in [0.1, 0.15) is 30.9 Å². The number of sulfonamides is 1. The zero-order valence-electron chi connectivity index (χ0n) is 13.8. The molecule has 3 N–H and O–H groups in total. The summed E-state index contributed by atoms with van der Waals surface area (Å²) in [5.74, 6) is -0.167. The third-order valence-electron chi connectivity index (χ3n) is 4.57. The second-order valence-electron chi connectivity index (χ2n) is 6.27. The molecule has 1 aliphatic carbocycles. The van der Waals surface area contributed by atoms with E-state index in [9.17, 15) is 13.2 Å². The van der Waals surface area contributed by atoms with Crippen molar-refractivity contribution < 1.29 is 13.2 Å². The lowest BCUT2D eigenvalue weighted by Crippen LogP contribution is -2.28.